The maximum atomic E-state index is 3.16. The average Bonchev–Trinajstić information content (AvgIpc) is 2.49. The predicted molar refractivity (Wildman–Crippen MR) is 75.0 cm³/mol. The van der Waals surface area contributed by atoms with E-state index in [1.54, 1.807) is 0 Å². The van der Waals surface area contributed by atoms with E-state index in [0.29, 0.717) is 0 Å². The highest BCUT2D eigenvalue weighted by Crippen LogP contribution is 2.31. The minimum Gasteiger partial charge on any atom is -0.0622 e. The molecule has 0 heteroatoms. The third-order valence-corrected chi connectivity index (χ3v) is 2.98. The van der Waals surface area contributed by atoms with Crippen molar-refractivity contribution in [1.29, 1.82) is 0 Å². The van der Waals surface area contributed by atoms with E-state index in [0.717, 1.165) is 0 Å². The van der Waals surface area contributed by atoms with Gasteiger partial charge in [-0.25, -0.2) is 0 Å². The molecule has 0 aromatic heterocycles. The van der Waals surface area contributed by atoms with Crippen LogP contribution in [0.1, 0.15) is 0 Å². The fourth-order valence-corrected chi connectivity index (χ4v) is 2.11. The van der Waals surface area contributed by atoms with Crippen LogP contribution in [-0.4, -0.2) is 0 Å². The molecular weight excluding hydrogens is 216 g/mol. The van der Waals surface area contributed by atoms with Gasteiger partial charge in [0, 0.05) is 0 Å². The number of hydrogen-bond acceptors (Lipinski definition) is 0. The summed E-state index contributed by atoms with van der Waals surface area (Å²) >= 11 is 0. The zero-order valence-corrected chi connectivity index (χ0v) is 9.93. The van der Waals surface area contributed by atoms with E-state index in [2.05, 4.69) is 54.6 Å². The Labute approximate surface area is 108 Å². The lowest BCUT2D eigenvalue weighted by molar-refractivity contribution is 1.57. The van der Waals surface area contributed by atoms with Crippen LogP contribution in [0.3, 0.4) is 0 Å². The molecule has 0 aliphatic rings. The first kappa shape index (κ1) is 10.8. The Balaban J connectivity index is 2.18. The van der Waals surface area contributed by atoms with Crippen molar-refractivity contribution in [2.24, 2.45) is 0 Å². The average molecular weight is 228 g/mol. The second kappa shape index (κ2) is 4.89. The Morgan fingerprint density at radius 3 is 2.00 bits per heavy atom. The molecule has 0 heterocycles. The van der Waals surface area contributed by atoms with E-state index in [9.17, 15) is 0 Å². The van der Waals surface area contributed by atoms with Crippen molar-refractivity contribution >= 4 is 0 Å². The van der Waals surface area contributed by atoms with Gasteiger partial charge < -0.3 is 0 Å². The SMILES string of the molecule is [c]1ccc(-c2cc[c]cc2-c2ccccc2)cc1. The molecule has 0 bridgehead atoms. The summed E-state index contributed by atoms with van der Waals surface area (Å²) in [5.41, 5.74) is 4.87. The Morgan fingerprint density at radius 1 is 0.556 bits per heavy atom. The highest BCUT2D eigenvalue weighted by atomic mass is 14.1. The quantitative estimate of drug-likeness (QED) is 0.600. The van der Waals surface area contributed by atoms with Gasteiger partial charge in [-0.2, -0.15) is 0 Å². The molecule has 84 valence electrons. The molecule has 3 aromatic carbocycles. The molecule has 0 N–H and O–H groups in total. The van der Waals surface area contributed by atoms with Crippen LogP contribution in [-0.2, 0) is 0 Å². The number of rotatable bonds is 2. The van der Waals surface area contributed by atoms with Crippen molar-refractivity contribution in [3.63, 3.8) is 0 Å². The van der Waals surface area contributed by atoms with Gasteiger partial charge in [-0.1, -0.05) is 66.7 Å². The van der Waals surface area contributed by atoms with Crippen molar-refractivity contribution in [2.75, 3.05) is 0 Å². The summed E-state index contributed by atoms with van der Waals surface area (Å²) in [6.07, 6.45) is 0. The number of benzene rings is 3. The Kier molecular flexibility index (Phi) is 2.93. The van der Waals surface area contributed by atoms with E-state index in [1.165, 1.54) is 22.3 Å². The van der Waals surface area contributed by atoms with Gasteiger partial charge in [0.1, 0.15) is 0 Å². The van der Waals surface area contributed by atoms with Gasteiger partial charge in [-0.15, -0.1) is 0 Å². The van der Waals surface area contributed by atoms with Crippen molar-refractivity contribution in [2.45, 2.75) is 0 Å². The summed E-state index contributed by atoms with van der Waals surface area (Å²) in [7, 11) is 0. The van der Waals surface area contributed by atoms with Crippen molar-refractivity contribution in [3.8, 4) is 22.3 Å². The van der Waals surface area contributed by atoms with Crippen molar-refractivity contribution in [3.05, 3.63) is 84.9 Å². The molecule has 0 saturated carbocycles. The van der Waals surface area contributed by atoms with Crippen LogP contribution in [0.2, 0.25) is 0 Å². The van der Waals surface area contributed by atoms with E-state index >= 15 is 0 Å². The lowest BCUT2D eigenvalue weighted by Crippen LogP contribution is -1.84. The van der Waals surface area contributed by atoms with Crippen molar-refractivity contribution in [1.82, 2.24) is 0 Å². The normalized spacial score (nSPS) is 10.2. The maximum absolute atomic E-state index is 3.16. The molecule has 3 aromatic rings. The first-order chi connectivity index (χ1) is 8.95. The minimum absolute atomic E-state index is 1.21. The van der Waals surface area contributed by atoms with E-state index in [1.807, 2.05) is 30.3 Å². The van der Waals surface area contributed by atoms with Gasteiger partial charge in [0.2, 0.25) is 0 Å². The largest absolute Gasteiger partial charge is 0.0622 e. The van der Waals surface area contributed by atoms with Gasteiger partial charge in [0.15, 0.2) is 0 Å². The van der Waals surface area contributed by atoms with E-state index in [-0.39, 0.29) is 0 Å². The van der Waals surface area contributed by atoms with Crippen LogP contribution in [0.4, 0.5) is 0 Å². The summed E-state index contributed by atoms with van der Waals surface area (Å²) < 4.78 is 0. The molecule has 0 aliphatic carbocycles. The Hall–Kier alpha value is -2.34. The fraction of sp³-hybridized carbons (Fsp3) is 0. The second-order valence-electron chi connectivity index (χ2n) is 4.13. The summed E-state index contributed by atoms with van der Waals surface area (Å²) in [6.45, 7) is 0. The van der Waals surface area contributed by atoms with Gasteiger partial charge in [-0.3, -0.25) is 0 Å². The monoisotopic (exact) mass is 228 g/mol. The zero-order chi connectivity index (χ0) is 12.2. The molecule has 0 aliphatic heterocycles. The molecular formula is C18H12. The van der Waals surface area contributed by atoms with Gasteiger partial charge in [-0.05, 0) is 40.5 Å². The molecule has 18 heavy (non-hydrogen) atoms. The van der Waals surface area contributed by atoms with Gasteiger partial charge in [0.25, 0.3) is 0 Å². The zero-order valence-electron chi connectivity index (χ0n) is 9.93. The number of hydrogen-bond donors (Lipinski definition) is 0. The smallest absolute Gasteiger partial charge is 0.00992 e. The summed E-state index contributed by atoms with van der Waals surface area (Å²) in [4.78, 5) is 0. The Bertz CT molecular complexity index is 566. The summed E-state index contributed by atoms with van der Waals surface area (Å²) in [5.74, 6) is 0. The lowest BCUT2D eigenvalue weighted by Gasteiger charge is -2.09. The first-order valence-electron chi connectivity index (χ1n) is 5.97. The molecule has 0 atom stereocenters. The lowest BCUT2D eigenvalue weighted by atomic mass is 9.95. The Morgan fingerprint density at radius 2 is 1.22 bits per heavy atom. The standard InChI is InChI=1S/C18H12/c1-3-9-15(10-4-1)17-13-7-8-14-18(17)16-11-5-2-6-12-16/h1,3-6,8-14H. The molecule has 0 unspecified atom stereocenters. The topological polar surface area (TPSA) is 0 Å². The molecule has 0 spiro atoms. The van der Waals surface area contributed by atoms with Crippen LogP contribution >= 0.6 is 0 Å². The van der Waals surface area contributed by atoms with Crippen LogP contribution in [0.15, 0.2) is 72.8 Å². The third kappa shape index (κ3) is 2.05. The molecule has 0 amide bonds. The van der Waals surface area contributed by atoms with Crippen LogP contribution in [0.25, 0.3) is 22.3 Å². The van der Waals surface area contributed by atoms with Gasteiger partial charge in [0.05, 0.1) is 0 Å². The molecule has 2 radical (unpaired) electrons. The van der Waals surface area contributed by atoms with Crippen molar-refractivity contribution < 1.29 is 0 Å². The van der Waals surface area contributed by atoms with Crippen LogP contribution in [0.5, 0.6) is 0 Å². The molecule has 3 rings (SSSR count). The van der Waals surface area contributed by atoms with E-state index in [4.69, 9.17) is 0 Å². The van der Waals surface area contributed by atoms with E-state index < -0.39 is 0 Å². The highest BCUT2D eigenvalue weighted by Gasteiger charge is 2.05. The first-order valence-corrected chi connectivity index (χ1v) is 5.97. The predicted octanol–water partition coefficient (Wildman–Crippen LogP) is 4.62. The van der Waals surface area contributed by atoms with Crippen LogP contribution in [0, 0.1) is 12.1 Å². The third-order valence-electron chi connectivity index (χ3n) is 2.98. The van der Waals surface area contributed by atoms with Crippen LogP contribution < -0.4 is 0 Å². The molecule has 0 saturated heterocycles. The van der Waals surface area contributed by atoms with Gasteiger partial charge >= 0.3 is 0 Å². The summed E-state index contributed by atoms with van der Waals surface area (Å²) in [5, 5.41) is 0. The second-order valence-corrected chi connectivity index (χ2v) is 4.13. The minimum atomic E-state index is 1.21. The molecule has 0 nitrogen and oxygen atoms in total. The summed E-state index contributed by atoms with van der Waals surface area (Å²) in [6, 6.07) is 30.8. The molecule has 0 fully saturated rings. The fourth-order valence-electron chi connectivity index (χ4n) is 2.11. The maximum Gasteiger partial charge on any atom is -0.00992 e. The highest BCUT2D eigenvalue weighted by molar-refractivity contribution is 5.83.